The van der Waals surface area contributed by atoms with Gasteiger partial charge in [0.15, 0.2) is 0 Å². The molecule has 0 bridgehead atoms. The highest BCUT2D eigenvalue weighted by Crippen LogP contribution is 2.42. The fraction of sp³-hybridized carbons (Fsp3) is 0.686. The van der Waals surface area contributed by atoms with Gasteiger partial charge in [0, 0.05) is 5.41 Å². The molecule has 1 aromatic rings. The third kappa shape index (κ3) is 11.8. The van der Waals surface area contributed by atoms with Crippen molar-refractivity contribution in [3.63, 3.8) is 0 Å². The Labute approximate surface area is 266 Å². The predicted octanol–water partition coefficient (Wildman–Crippen LogP) is 6.22. The SMILES string of the molecule is CCC(C)C(=O)OCC(C)(C)COC(=O)CCC(=O)Oc1ccc(OC(=O)C2CCC(C3CCC(C(=O)OC)CC3)CC2)cc1. The van der Waals surface area contributed by atoms with E-state index in [0.29, 0.717) is 24.0 Å². The summed E-state index contributed by atoms with van der Waals surface area (Å²) < 4.78 is 26.4. The van der Waals surface area contributed by atoms with Gasteiger partial charge in [0.1, 0.15) is 11.5 Å². The average Bonchev–Trinajstić information content (AvgIpc) is 3.05. The van der Waals surface area contributed by atoms with Crippen LogP contribution in [0.4, 0.5) is 0 Å². The molecule has 0 aromatic heterocycles. The van der Waals surface area contributed by atoms with Gasteiger partial charge < -0.3 is 23.7 Å². The Morgan fingerprint density at radius 1 is 0.711 bits per heavy atom. The van der Waals surface area contributed by atoms with Crippen molar-refractivity contribution < 1.29 is 47.7 Å². The summed E-state index contributed by atoms with van der Waals surface area (Å²) in [7, 11) is 1.45. The Hall–Kier alpha value is -3.43. The number of hydrogen-bond donors (Lipinski definition) is 0. The quantitative estimate of drug-likeness (QED) is 0.133. The lowest BCUT2D eigenvalue weighted by molar-refractivity contribution is -0.156. The minimum Gasteiger partial charge on any atom is -0.469 e. The first-order chi connectivity index (χ1) is 21.4. The molecule has 10 nitrogen and oxygen atoms in total. The van der Waals surface area contributed by atoms with Crippen LogP contribution < -0.4 is 9.47 Å². The standard InChI is InChI=1S/C35H50O10/c1-6-23(2)32(38)43-22-35(3,4)21-42-30(36)19-20-31(37)44-28-15-17-29(18-16-28)45-34(40)27-13-9-25(10-14-27)24-7-11-26(12-8-24)33(39)41-5/h15-18,23-27H,6-14,19-22H2,1-5H3. The Morgan fingerprint density at radius 3 is 1.69 bits per heavy atom. The number of methoxy groups -OCH3 is 1. The topological polar surface area (TPSA) is 132 Å². The summed E-state index contributed by atoms with van der Waals surface area (Å²) in [6.07, 6.45) is 7.79. The van der Waals surface area contributed by atoms with Crippen molar-refractivity contribution in [3.05, 3.63) is 24.3 Å². The fourth-order valence-electron chi connectivity index (χ4n) is 5.95. The number of esters is 5. The molecule has 0 spiro atoms. The van der Waals surface area contributed by atoms with Gasteiger partial charge in [0.05, 0.1) is 50.9 Å². The van der Waals surface area contributed by atoms with Crippen molar-refractivity contribution in [3.8, 4) is 11.5 Å². The second-order valence-corrected chi connectivity index (χ2v) is 13.4. The lowest BCUT2D eigenvalue weighted by Gasteiger charge is -2.36. The molecule has 10 heteroatoms. The molecule has 2 aliphatic carbocycles. The van der Waals surface area contributed by atoms with Gasteiger partial charge in [-0.1, -0.05) is 27.7 Å². The van der Waals surface area contributed by atoms with E-state index in [1.807, 2.05) is 20.8 Å². The number of hydrogen-bond acceptors (Lipinski definition) is 10. The van der Waals surface area contributed by atoms with Crippen molar-refractivity contribution in [2.75, 3.05) is 20.3 Å². The first-order valence-electron chi connectivity index (χ1n) is 16.3. The van der Waals surface area contributed by atoms with Gasteiger partial charge in [-0.05, 0) is 93.9 Å². The van der Waals surface area contributed by atoms with Gasteiger partial charge in [0.2, 0.25) is 0 Å². The zero-order valence-electron chi connectivity index (χ0n) is 27.5. The van der Waals surface area contributed by atoms with E-state index >= 15 is 0 Å². The number of rotatable bonds is 14. The molecule has 0 aliphatic heterocycles. The molecular formula is C35H50O10. The number of carbonyl (C=O) groups excluding carboxylic acids is 5. The highest BCUT2D eigenvalue weighted by molar-refractivity contribution is 5.79. The average molecular weight is 631 g/mol. The van der Waals surface area contributed by atoms with Gasteiger partial charge in [-0.25, -0.2) is 0 Å². The summed E-state index contributed by atoms with van der Waals surface area (Å²) in [5.41, 5.74) is -0.558. The minimum atomic E-state index is -0.589. The molecule has 2 saturated carbocycles. The molecule has 250 valence electrons. The zero-order chi connectivity index (χ0) is 33.0. The molecule has 0 saturated heterocycles. The highest BCUT2D eigenvalue weighted by Gasteiger charge is 2.35. The molecule has 1 atom stereocenters. The largest absolute Gasteiger partial charge is 0.469 e. The lowest BCUT2D eigenvalue weighted by Crippen LogP contribution is -2.31. The van der Waals surface area contributed by atoms with Crippen LogP contribution in [0.2, 0.25) is 0 Å². The van der Waals surface area contributed by atoms with Crippen molar-refractivity contribution in [2.45, 2.75) is 98.3 Å². The molecule has 3 rings (SSSR count). The molecule has 1 aromatic carbocycles. The molecular weight excluding hydrogens is 580 g/mol. The van der Waals surface area contributed by atoms with E-state index in [4.69, 9.17) is 23.7 Å². The molecule has 2 aliphatic rings. The molecule has 0 radical (unpaired) electrons. The Bertz CT molecular complexity index is 1140. The fourth-order valence-corrected chi connectivity index (χ4v) is 5.95. The summed E-state index contributed by atoms with van der Waals surface area (Å²) in [6, 6.07) is 6.25. The van der Waals surface area contributed by atoms with Crippen LogP contribution in [0.1, 0.15) is 98.3 Å². The Kier molecular flexibility index (Phi) is 13.9. The molecule has 1 unspecified atom stereocenters. The van der Waals surface area contributed by atoms with Crippen LogP contribution in [0.15, 0.2) is 24.3 Å². The van der Waals surface area contributed by atoms with Gasteiger partial charge in [-0.2, -0.15) is 0 Å². The smallest absolute Gasteiger partial charge is 0.314 e. The Morgan fingerprint density at radius 2 is 1.18 bits per heavy atom. The molecule has 0 amide bonds. The van der Waals surface area contributed by atoms with Crippen molar-refractivity contribution in [1.29, 1.82) is 0 Å². The van der Waals surface area contributed by atoms with E-state index in [-0.39, 0.29) is 67.5 Å². The van der Waals surface area contributed by atoms with E-state index in [1.54, 1.807) is 31.2 Å². The lowest BCUT2D eigenvalue weighted by atomic mass is 9.69. The summed E-state index contributed by atoms with van der Waals surface area (Å²) in [5, 5.41) is 0. The third-order valence-corrected chi connectivity index (χ3v) is 9.13. The molecule has 0 heterocycles. The van der Waals surface area contributed by atoms with E-state index in [0.717, 1.165) is 51.4 Å². The van der Waals surface area contributed by atoms with Gasteiger partial charge in [-0.3, -0.25) is 24.0 Å². The summed E-state index contributed by atoms with van der Waals surface area (Å²) in [6.45, 7) is 7.54. The van der Waals surface area contributed by atoms with Gasteiger partial charge in [0.25, 0.3) is 0 Å². The van der Waals surface area contributed by atoms with Crippen LogP contribution in [0.3, 0.4) is 0 Å². The Balaban J connectivity index is 1.32. The third-order valence-electron chi connectivity index (χ3n) is 9.13. The number of benzene rings is 1. The van der Waals surface area contributed by atoms with Crippen molar-refractivity contribution in [1.82, 2.24) is 0 Å². The zero-order valence-corrected chi connectivity index (χ0v) is 27.5. The van der Waals surface area contributed by atoms with Crippen molar-refractivity contribution in [2.24, 2.45) is 35.0 Å². The number of carbonyl (C=O) groups is 5. The second-order valence-electron chi connectivity index (χ2n) is 13.4. The highest BCUT2D eigenvalue weighted by atomic mass is 16.6. The molecule has 2 fully saturated rings. The van der Waals surface area contributed by atoms with E-state index in [2.05, 4.69) is 0 Å². The first-order valence-corrected chi connectivity index (χ1v) is 16.3. The maximum Gasteiger partial charge on any atom is 0.314 e. The summed E-state index contributed by atoms with van der Waals surface area (Å²) >= 11 is 0. The van der Waals surface area contributed by atoms with Gasteiger partial charge >= 0.3 is 29.8 Å². The van der Waals surface area contributed by atoms with Crippen LogP contribution in [0, 0.1) is 35.0 Å². The maximum absolute atomic E-state index is 12.8. The van der Waals surface area contributed by atoms with E-state index < -0.39 is 17.4 Å². The van der Waals surface area contributed by atoms with Crippen LogP contribution in [0.5, 0.6) is 11.5 Å². The normalized spacial score (nSPS) is 22.4. The second kappa shape index (κ2) is 17.3. The van der Waals surface area contributed by atoms with Crippen molar-refractivity contribution >= 4 is 29.8 Å². The van der Waals surface area contributed by atoms with Crippen LogP contribution in [0.25, 0.3) is 0 Å². The van der Waals surface area contributed by atoms with Gasteiger partial charge in [-0.15, -0.1) is 0 Å². The monoisotopic (exact) mass is 630 g/mol. The van der Waals surface area contributed by atoms with E-state index in [9.17, 15) is 24.0 Å². The molecule has 0 N–H and O–H groups in total. The summed E-state index contributed by atoms with van der Waals surface area (Å²) in [4.78, 5) is 60.9. The van der Waals surface area contributed by atoms with E-state index in [1.165, 1.54) is 7.11 Å². The predicted molar refractivity (Wildman–Crippen MR) is 165 cm³/mol. The van der Waals surface area contributed by atoms with Crippen LogP contribution >= 0.6 is 0 Å². The first kappa shape index (κ1) is 36.0. The maximum atomic E-state index is 12.8. The van der Waals surface area contributed by atoms with Crippen LogP contribution in [-0.2, 0) is 38.2 Å². The van der Waals surface area contributed by atoms with Crippen LogP contribution in [-0.4, -0.2) is 50.2 Å². The minimum absolute atomic E-state index is 0.0276. The summed E-state index contributed by atoms with van der Waals surface area (Å²) in [5.74, 6) is -0.216. The molecule has 45 heavy (non-hydrogen) atoms. The number of ether oxygens (including phenoxy) is 5.